The van der Waals surface area contributed by atoms with Crippen LogP contribution in [0.5, 0.6) is 0 Å². The average molecular weight is 322 g/mol. The number of rotatable bonds is 7. The van der Waals surface area contributed by atoms with Crippen molar-refractivity contribution < 1.29 is 13.7 Å². The van der Waals surface area contributed by atoms with Crippen LogP contribution in [0.25, 0.3) is 0 Å². The van der Waals surface area contributed by atoms with E-state index in [1.54, 1.807) is 35.2 Å². The molecule has 2 aromatic rings. The first-order valence-electron chi connectivity index (χ1n) is 6.97. The lowest BCUT2D eigenvalue weighted by atomic mass is 10.2. The summed E-state index contributed by atoms with van der Waals surface area (Å²) in [7, 11) is -1.07. The van der Waals surface area contributed by atoms with Crippen molar-refractivity contribution in [2.45, 2.75) is 37.8 Å². The van der Waals surface area contributed by atoms with E-state index in [2.05, 4.69) is 22.4 Å². The van der Waals surface area contributed by atoms with Gasteiger partial charge in [-0.1, -0.05) is 13.3 Å². The Balaban J connectivity index is 1.95. The molecule has 0 radical (unpaired) electrons. The van der Waals surface area contributed by atoms with Gasteiger partial charge in [0.25, 0.3) is 0 Å². The van der Waals surface area contributed by atoms with Crippen molar-refractivity contribution in [1.82, 2.24) is 20.2 Å². The third-order valence-corrected chi connectivity index (χ3v) is 4.02. The Hall–Kier alpha value is -2.09. The molecule has 1 atom stereocenters. The van der Waals surface area contributed by atoms with E-state index in [4.69, 9.17) is 4.74 Å². The normalized spacial score (nSPS) is 12.1. The zero-order valence-electron chi connectivity index (χ0n) is 12.6. The largest absolute Gasteiger partial charge is 0.454 e. The fourth-order valence-electron chi connectivity index (χ4n) is 1.80. The fourth-order valence-corrected chi connectivity index (χ4v) is 2.32. The highest BCUT2D eigenvalue weighted by atomic mass is 32.2. The number of carbonyl (C=O) groups excluding carboxylic acids is 1. The molecule has 2 rings (SSSR count). The maximum absolute atomic E-state index is 12.0. The van der Waals surface area contributed by atoms with Crippen molar-refractivity contribution in [3.05, 3.63) is 35.7 Å². The van der Waals surface area contributed by atoms with Gasteiger partial charge in [0.1, 0.15) is 0 Å². The first kappa shape index (κ1) is 16.3. The highest BCUT2D eigenvalue weighted by molar-refractivity contribution is 7.84. The molecule has 22 heavy (non-hydrogen) atoms. The lowest BCUT2D eigenvalue weighted by Crippen LogP contribution is -2.11. The summed E-state index contributed by atoms with van der Waals surface area (Å²) in [5.41, 5.74) is 0.404. The number of nitrogens with zero attached hydrogens (tertiary/aromatic N) is 4. The van der Waals surface area contributed by atoms with Crippen molar-refractivity contribution in [2.24, 2.45) is 0 Å². The van der Waals surface area contributed by atoms with Crippen molar-refractivity contribution in [3.63, 3.8) is 0 Å². The fraction of sp³-hybridized carbons (Fsp3) is 0.429. The summed E-state index contributed by atoms with van der Waals surface area (Å²) in [6, 6.07) is 6.49. The van der Waals surface area contributed by atoms with Gasteiger partial charge in [-0.3, -0.25) is 4.21 Å². The van der Waals surface area contributed by atoms with Gasteiger partial charge in [-0.2, -0.15) is 0 Å². The van der Waals surface area contributed by atoms with Crippen LogP contribution in [-0.4, -0.2) is 36.6 Å². The van der Waals surface area contributed by atoms with Crippen LogP contribution in [0.2, 0.25) is 0 Å². The van der Waals surface area contributed by atoms with Crippen LogP contribution in [0.1, 0.15) is 35.9 Å². The molecule has 0 aliphatic heterocycles. The molecule has 7 nitrogen and oxygen atoms in total. The molecule has 8 heteroatoms. The van der Waals surface area contributed by atoms with Gasteiger partial charge in [0, 0.05) is 28.5 Å². The van der Waals surface area contributed by atoms with E-state index < -0.39 is 16.8 Å². The molecular weight excluding hydrogens is 304 g/mol. The van der Waals surface area contributed by atoms with E-state index in [0.29, 0.717) is 22.8 Å². The van der Waals surface area contributed by atoms with Crippen molar-refractivity contribution in [2.75, 3.05) is 6.26 Å². The Morgan fingerprint density at radius 3 is 2.68 bits per heavy atom. The van der Waals surface area contributed by atoms with E-state index in [-0.39, 0.29) is 6.61 Å². The van der Waals surface area contributed by atoms with Crippen LogP contribution in [0, 0.1) is 0 Å². The lowest BCUT2D eigenvalue weighted by Gasteiger charge is -2.06. The minimum absolute atomic E-state index is 0.0248. The van der Waals surface area contributed by atoms with Crippen LogP contribution in [0.3, 0.4) is 0 Å². The Morgan fingerprint density at radius 1 is 1.32 bits per heavy atom. The Morgan fingerprint density at radius 2 is 2.05 bits per heavy atom. The standard InChI is InChI=1S/C14H18N4O3S/c1-3-4-9-18-13(15-16-17-18)10-21-14(19)11-5-7-12(8-6-11)22(2)20/h5-8H,3-4,9-10H2,1-2H3. The summed E-state index contributed by atoms with van der Waals surface area (Å²) >= 11 is 0. The molecular formula is C14H18N4O3S. The van der Waals surface area contributed by atoms with Crippen molar-refractivity contribution in [3.8, 4) is 0 Å². The van der Waals surface area contributed by atoms with Gasteiger partial charge in [0.05, 0.1) is 5.56 Å². The quantitative estimate of drug-likeness (QED) is 0.719. The highest BCUT2D eigenvalue weighted by Crippen LogP contribution is 2.10. The molecule has 0 amide bonds. The second-order valence-electron chi connectivity index (χ2n) is 4.73. The summed E-state index contributed by atoms with van der Waals surface area (Å²) in [5, 5.41) is 11.3. The number of hydrogen-bond donors (Lipinski definition) is 0. The van der Waals surface area contributed by atoms with Crippen LogP contribution in [0.4, 0.5) is 0 Å². The number of benzene rings is 1. The first-order chi connectivity index (χ1) is 10.6. The predicted molar refractivity (Wildman–Crippen MR) is 80.6 cm³/mol. The number of aromatic nitrogens is 4. The molecule has 1 aromatic carbocycles. The molecule has 1 aromatic heterocycles. The highest BCUT2D eigenvalue weighted by Gasteiger charge is 2.11. The molecule has 0 aliphatic rings. The molecule has 0 bridgehead atoms. The SMILES string of the molecule is CCCCn1nnnc1COC(=O)c1ccc(S(C)=O)cc1. The third kappa shape index (κ3) is 4.20. The Labute approximate surface area is 131 Å². The molecule has 118 valence electrons. The van der Waals surface area contributed by atoms with Crippen molar-refractivity contribution in [1.29, 1.82) is 0 Å². The summed E-state index contributed by atoms with van der Waals surface area (Å²) < 4.78 is 18.2. The number of tetrazole rings is 1. The summed E-state index contributed by atoms with van der Waals surface area (Å²) in [5.74, 6) is 0.0616. The molecule has 0 saturated heterocycles. The van der Waals surface area contributed by atoms with E-state index in [0.717, 1.165) is 12.8 Å². The van der Waals surface area contributed by atoms with E-state index in [9.17, 15) is 9.00 Å². The zero-order valence-corrected chi connectivity index (χ0v) is 13.4. The minimum Gasteiger partial charge on any atom is -0.454 e. The van der Waals surface area contributed by atoms with Crippen LogP contribution >= 0.6 is 0 Å². The number of carbonyl (C=O) groups is 1. The van der Waals surface area contributed by atoms with Crippen LogP contribution in [0.15, 0.2) is 29.2 Å². The molecule has 0 saturated carbocycles. The second kappa shape index (κ2) is 7.79. The van der Waals surface area contributed by atoms with Gasteiger partial charge in [-0.25, -0.2) is 9.48 Å². The monoisotopic (exact) mass is 322 g/mol. The topological polar surface area (TPSA) is 87.0 Å². The number of aryl methyl sites for hydroxylation is 1. The molecule has 0 aliphatic carbocycles. The maximum atomic E-state index is 12.0. The Bertz CT molecular complexity index is 654. The van der Waals surface area contributed by atoms with Crippen LogP contribution in [-0.2, 0) is 28.7 Å². The minimum atomic E-state index is -1.07. The summed E-state index contributed by atoms with van der Waals surface area (Å²) in [4.78, 5) is 12.6. The number of esters is 1. The van der Waals surface area contributed by atoms with Gasteiger partial charge in [0.15, 0.2) is 12.4 Å². The van der Waals surface area contributed by atoms with E-state index >= 15 is 0 Å². The number of unbranched alkanes of at least 4 members (excludes halogenated alkanes) is 1. The summed E-state index contributed by atoms with van der Waals surface area (Å²) in [6.07, 6.45) is 3.58. The molecule has 0 N–H and O–H groups in total. The van der Waals surface area contributed by atoms with Crippen LogP contribution < -0.4 is 0 Å². The van der Waals surface area contributed by atoms with Crippen molar-refractivity contribution >= 4 is 16.8 Å². The predicted octanol–water partition coefficient (Wildman–Crippen LogP) is 1.57. The smallest absolute Gasteiger partial charge is 0.338 e. The molecule has 1 heterocycles. The first-order valence-corrected chi connectivity index (χ1v) is 8.53. The van der Waals surface area contributed by atoms with Gasteiger partial charge in [0.2, 0.25) is 0 Å². The average Bonchev–Trinajstić information content (AvgIpc) is 2.98. The van der Waals surface area contributed by atoms with Gasteiger partial charge < -0.3 is 4.74 Å². The third-order valence-electron chi connectivity index (χ3n) is 3.08. The van der Waals surface area contributed by atoms with Gasteiger partial charge in [-0.15, -0.1) is 5.10 Å². The van der Waals surface area contributed by atoms with Gasteiger partial charge in [-0.05, 0) is 41.1 Å². The molecule has 0 spiro atoms. The number of hydrogen-bond acceptors (Lipinski definition) is 6. The zero-order chi connectivity index (χ0) is 15.9. The Kier molecular flexibility index (Phi) is 5.76. The maximum Gasteiger partial charge on any atom is 0.338 e. The summed E-state index contributed by atoms with van der Waals surface area (Å²) in [6.45, 7) is 2.81. The molecule has 1 unspecified atom stereocenters. The van der Waals surface area contributed by atoms with E-state index in [1.807, 2.05) is 0 Å². The van der Waals surface area contributed by atoms with Gasteiger partial charge >= 0.3 is 5.97 Å². The number of ether oxygens (including phenoxy) is 1. The van der Waals surface area contributed by atoms with E-state index in [1.165, 1.54) is 0 Å². The molecule has 0 fully saturated rings. The second-order valence-corrected chi connectivity index (χ2v) is 6.11. The lowest BCUT2D eigenvalue weighted by molar-refractivity contribution is 0.0456.